The molecule has 1 aromatic heterocycles. The number of likely N-dealkylation sites (N-methyl/N-ethyl adjacent to an activating group) is 1. The van der Waals surface area contributed by atoms with Crippen molar-refractivity contribution < 1.29 is 4.79 Å². The summed E-state index contributed by atoms with van der Waals surface area (Å²) in [6, 6.07) is 3.51. The van der Waals surface area contributed by atoms with Crippen molar-refractivity contribution in [2.24, 2.45) is 0 Å². The number of nitrogens with two attached hydrogens (primary N) is 1. The molecule has 0 aliphatic carbocycles. The summed E-state index contributed by atoms with van der Waals surface area (Å²) in [4.78, 5) is 15.7. The Hall–Kier alpha value is -1.58. The van der Waals surface area contributed by atoms with Gasteiger partial charge in [0.15, 0.2) is 0 Å². The molecule has 1 aromatic rings. The van der Waals surface area contributed by atoms with Crippen LogP contribution in [0.15, 0.2) is 18.3 Å². The minimum Gasteiger partial charge on any atom is -0.397 e. The number of amides is 1. The molecule has 0 radical (unpaired) electrons. The average Bonchev–Trinajstić information content (AvgIpc) is 2.17. The lowest BCUT2D eigenvalue weighted by Gasteiger charge is -2.21. The molecule has 0 unspecified atom stereocenters. The summed E-state index contributed by atoms with van der Waals surface area (Å²) in [5.74, 6) is -0.0604. The van der Waals surface area contributed by atoms with Gasteiger partial charge in [-0.25, -0.2) is 0 Å². The van der Waals surface area contributed by atoms with E-state index in [4.69, 9.17) is 5.73 Å². The summed E-state index contributed by atoms with van der Waals surface area (Å²) in [6.45, 7) is 3.65. The number of pyridine rings is 1. The first-order valence-electron chi connectivity index (χ1n) is 4.42. The second kappa shape index (κ2) is 3.65. The largest absolute Gasteiger partial charge is 0.397 e. The van der Waals surface area contributed by atoms with Gasteiger partial charge in [-0.3, -0.25) is 9.78 Å². The number of nitrogens with zero attached hydrogens (tertiary/aromatic N) is 1. The Morgan fingerprint density at radius 3 is 2.57 bits per heavy atom. The van der Waals surface area contributed by atoms with E-state index in [1.807, 2.05) is 13.8 Å². The van der Waals surface area contributed by atoms with Crippen LogP contribution in [0.2, 0.25) is 0 Å². The molecular formula is C10H15N3O. The summed E-state index contributed by atoms with van der Waals surface area (Å²) in [5, 5.41) is 2.61. The molecule has 0 fully saturated rings. The Morgan fingerprint density at radius 1 is 1.50 bits per heavy atom. The Morgan fingerprint density at radius 2 is 2.14 bits per heavy atom. The molecule has 4 heteroatoms. The first-order chi connectivity index (χ1) is 6.48. The first-order valence-corrected chi connectivity index (χ1v) is 4.42. The SMILES string of the molecule is CNC(=O)C(C)(C)c1ccc(N)cn1. The third-order valence-electron chi connectivity index (χ3n) is 2.22. The topological polar surface area (TPSA) is 68.0 Å². The predicted octanol–water partition coefficient (Wildman–Crippen LogP) is 0.687. The van der Waals surface area contributed by atoms with Crippen LogP contribution >= 0.6 is 0 Å². The number of aromatic nitrogens is 1. The summed E-state index contributed by atoms with van der Waals surface area (Å²) < 4.78 is 0. The van der Waals surface area contributed by atoms with Gasteiger partial charge in [0.05, 0.1) is 23.0 Å². The third-order valence-corrected chi connectivity index (χ3v) is 2.22. The Balaban J connectivity index is 3.03. The molecule has 0 aromatic carbocycles. The van der Waals surface area contributed by atoms with E-state index in [-0.39, 0.29) is 5.91 Å². The zero-order valence-corrected chi connectivity index (χ0v) is 8.66. The third kappa shape index (κ3) is 1.84. The zero-order chi connectivity index (χ0) is 10.8. The highest BCUT2D eigenvalue weighted by molar-refractivity contribution is 5.86. The molecule has 1 amide bonds. The number of carbonyl (C=O) groups is 1. The van der Waals surface area contributed by atoms with E-state index in [0.717, 1.165) is 0 Å². The molecular weight excluding hydrogens is 178 g/mol. The van der Waals surface area contributed by atoms with Crippen LogP contribution in [0.5, 0.6) is 0 Å². The molecule has 0 saturated heterocycles. The maximum absolute atomic E-state index is 11.5. The molecule has 1 heterocycles. The number of anilines is 1. The zero-order valence-electron chi connectivity index (χ0n) is 8.66. The lowest BCUT2D eigenvalue weighted by Crippen LogP contribution is -2.38. The number of hydrogen-bond acceptors (Lipinski definition) is 3. The molecule has 76 valence electrons. The van der Waals surface area contributed by atoms with Crippen molar-refractivity contribution in [2.45, 2.75) is 19.3 Å². The maximum Gasteiger partial charge on any atom is 0.231 e. The lowest BCUT2D eigenvalue weighted by molar-refractivity contribution is -0.125. The van der Waals surface area contributed by atoms with E-state index in [2.05, 4.69) is 10.3 Å². The number of carbonyl (C=O) groups excluding carboxylic acids is 1. The molecule has 0 spiro atoms. The fraction of sp³-hybridized carbons (Fsp3) is 0.400. The number of nitrogens with one attached hydrogen (secondary N) is 1. The van der Waals surface area contributed by atoms with Crippen LogP contribution in [0.3, 0.4) is 0 Å². The highest BCUT2D eigenvalue weighted by Gasteiger charge is 2.29. The number of nitrogen functional groups attached to an aromatic ring is 1. The van der Waals surface area contributed by atoms with Crippen LogP contribution < -0.4 is 11.1 Å². The Labute approximate surface area is 83.5 Å². The molecule has 0 aliphatic heterocycles. The summed E-state index contributed by atoms with van der Waals surface area (Å²) in [7, 11) is 1.61. The normalized spacial score (nSPS) is 11.1. The monoisotopic (exact) mass is 193 g/mol. The van der Waals surface area contributed by atoms with Gasteiger partial charge >= 0.3 is 0 Å². The van der Waals surface area contributed by atoms with Gasteiger partial charge in [-0.2, -0.15) is 0 Å². The average molecular weight is 193 g/mol. The molecule has 0 saturated carbocycles. The van der Waals surface area contributed by atoms with Crippen molar-refractivity contribution in [3.63, 3.8) is 0 Å². The van der Waals surface area contributed by atoms with Gasteiger partial charge in [0.2, 0.25) is 5.91 Å². The van der Waals surface area contributed by atoms with Gasteiger partial charge in [0.25, 0.3) is 0 Å². The molecule has 0 aliphatic rings. The van der Waals surface area contributed by atoms with E-state index < -0.39 is 5.41 Å². The van der Waals surface area contributed by atoms with E-state index in [9.17, 15) is 4.79 Å². The Kier molecular flexibility index (Phi) is 2.74. The minimum absolute atomic E-state index is 0.0604. The standard InChI is InChI=1S/C10H15N3O/c1-10(2,9(14)12-3)8-5-4-7(11)6-13-8/h4-6H,11H2,1-3H3,(H,12,14). The highest BCUT2D eigenvalue weighted by atomic mass is 16.2. The van der Waals surface area contributed by atoms with Crippen LogP contribution in [-0.4, -0.2) is 17.9 Å². The van der Waals surface area contributed by atoms with Gasteiger partial charge in [-0.15, -0.1) is 0 Å². The van der Waals surface area contributed by atoms with Crippen molar-refractivity contribution in [1.29, 1.82) is 0 Å². The molecule has 14 heavy (non-hydrogen) atoms. The van der Waals surface area contributed by atoms with E-state index >= 15 is 0 Å². The van der Waals surface area contributed by atoms with Gasteiger partial charge in [-0.05, 0) is 26.0 Å². The van der Waals surface area contributed by atoms with Crippen molar-refractivity contribution in [3.8, 4) is 0 Å². The van der Waals surface area contributed by atoms with E-state index in [1.54, 1.807) is 25.4 Å². The second-order valence-corrected chi connectivity index (χ2v) is 3.68. The number of rotatable bonds is 2. The Bertz CT molecular complexity index is 330. The second-order valence-electron chi connectivity index (χ2n) is 3.68. The van der Waals surface area contributed by atoms with Crippen molar-refractivity contribution >= 4 is 11.6 Å². The minimum atomic E-state index is -0.623. The van der Waals surface area contributed by atoms with E-state index in [1.165, 1.54) is 0 Å². The van der Waals surface area contributed by atoms with Crippen LogP contribution in [0.4, 0.5) is 5.69 Å². The van der Waals surface area contributed by atoms with Crippen molar-refractivity contribution in [3.05, 3.63) is 24.0 Å². The first kappa shape index (κ1) is 10.5. The van der Waals surface area contributed by atoms with Crippen LogP contribution in [0, 0.1) is 0 Å². The van der Waals surface area contributed by atoms with Crippen LogP contribution in [-0.2, 0) is 10.2 Å². The summed E-state index contributed by atoms with van der Waals surface area (Å²) in [5.41, 5.74) is 6.21. The van der Waals surface area contributed by atoms with Crippen molar-refractivity contribution in [1.82, 2.24) is 10.3 Å². The maximum atomic E-state index is 11.5. The van der Waals surface area contributed by atoms with Gasteiger partial charge in [0.1, 0.15) is 0 Å². The van der Waals surface area contributed by atoms with Crippen LogP contribution in [0.1, 0.15) is 19.5 Å². The number of hydrogen-bond donors (Lipinski definition) is 2. The summed E-state index contributed by atoms with van der Waals surface area (Å²) >= 11 is 0. The van der Waals surface area contributed by atoms with Gasteiger partial charge in [-0.1, -0.05) is 0 Å². The van der Waals surface area contributed by atoms with E-state index in [0.29, 0.717) is 11.4 Å². The van der Waals surface area contributed by atoms with Crippen molar-refractivity contribution in [2.75, 3.05) is 12.8 Å². The highest BCUT2D eigenvalue weighted by Crippen LogP contribution is 2.21. The molecule has 4 nitrogen and oxygen atoms in total. The molecule has 0 bridgehead atoms. The molecule has 1 rings (SSSR count). The van der Waals surface area contributed by atoms with Gasteiger partial charge in [0, 0.05) is 7.05 Å². The molecule has 3 N–H and O–H groups in total. The smallest absolute Gasteiger partial charge is 0.231 e. The lowest BCUT2D eigenvalue weighted by atomic mass is 9.88. The molecule has 0 atom stereocenters. The quantitative estimate of drug-likeness (QED) is 0.726. The van der Waals surface area contributed by atoms with Gasteiger partial charge < -0.3 is 11.1 Å². The fourth-order valence-corrected chi connectivity index (χ4v) is 1.20. The van der Waals surface area contributed by atoms with Crippen LogP contribution in [0.25, 0.3) is 0 Å². The summed E-state index contributed by atoms with van der Waals surface area (Å²) in [6.07, 6.45) is 1.56. The fourth-order valence-electron chi connectivity index (χ4n) is 1.20. The predicted molar refractivity (Wildman–Crippen MR) is 55.7 cm³/mol.